The van der Waals surface area contributed by atoms with Crippen LogP contribution in [-0.2, 0) is 17.8 Å². The normalized spacial score (nSPS) is 24.4. The highest BCUT2D eigenvalue weighted by Crippen LogP contribution is 2.25. The van der Waals surface area contributed by atoms with Crippen molar-refractivity contribution in [3.8, 4) is 0 Å². The molecule has 1 unspecified atom stereocenters. The van der Waals surface area contributed by atoms with Crippen LogP contribution in [0.15, 0.2) is 0 Å². The molecule has 1 aromatic heterocycles. The van der Waals surface area contributed by atoms with Gasteiger partial charge in [0.15, 0.2) is 5.82 Å². The molecule has 27 heavy (non-hydrogen) atoms. The Balaban J connectivity index is 1.42. The molecule has 2 amide bonds. The van der Waals surface area contributed by atoms with E-state index in [-0.39, 0.29) is 30.7 Å². The number of carbonyl (C=O) groups is 2. The second-order valence-corrected chi connectivity index (χ2v) is 7.86. The van der Waals surface area contributed by atoms with Gasteiger partial charge in [0.1, 0.15) is 5.82 Å². The molecular formula is C18H30N6O3. The van der Waals surface area contributed by atoms with Gasteiger partial charge in [0.05, 0.1) is 19.1 Å². The SMILES string of the molecule is CCN(CC(=O)O)C1CC(NC(=O)NC2CCc3nc(C(C)C)nn3C2)C1. The minimum Gasteiger partial charge on any atom is -0.480 e. The van der Waals surface area contributed by atoms with Crippen molar-refractivity contribution in [2.24, 2.45) is 0 Å². The van der Waals surface area contributed by atoms with Crippen LogP contribution in [0.3, 0.4) is 0 Å². The zero-order valence-corrected chi connectivity index (χ0v) is 16.3. The van der Waals surface area contributed by atoms with E-state index in [4.69, 9.17) is 5.11 Å². The molecule has 150 valence electrons. The fourth-order valence-electron chi connectivity index (χ4n) is 3.78. The van der Waals surface area contributed by atoms with Crippen LogP contribution in [0.25, 0.3) is 0 Å². The third kappa shape index (κ3) is 4.77. The Morgan fingerprint density at radius 2 is 2.00 bits per heavy atom. The summed E-state index contributed by atoms with van der Waals surface area (Å²) in [5.74, 6) is 1.35. The number of aromatic nitrogens is 3. The molecule has 0 saturated heterocycles. The Bertz CT molecular complexity index is 683. The lowest BCUT2D eigenvalue weighted by atomic mass is 9.85. The summed E-state index contributed by atoms with van der Waals surface area (Å²) < 4.78 is 1.91. The van der Waals surface area contributed by atoms with Gasteiger partial charge in [-0.1, -0.05) is 20.8 Å². The van der Waals surface area contributed by atoms with Crippen molar-refractivity contribution in [3.05, 3.63) is 11.6 Å². The first kappa shape index (κ1) is 19.6. The number of amides is 2. The summed E-state index contributed by atoms with van der Waals surface area (Å²) in [6.07, 6.45) is 3.27. The topological polar surface area (TPSA) is 112 Å². The number of carboxylic acid groups (broad SMARTS) is 1. The van der Waals surface area contributed by atoms with Crippen LogP contribution in [0.4, 0.5) is 4.79 Å². The second kappa shape index (κ2) is 8.24. The maximum atomic E-state index is 12.3. The van der Waals surface area contributed by atoms with Gasteiger partial charge in [0.2, 0.25) is 0 Å². The van der Waals surface area contributed by atoms with Crippen LogP contribution >= 0.6 is 0 Å². The Labute approximate surface area is 159 Å². The lowest BCUT2D eigenvalue weighted by molar-refractivity contribution is -0.139. The van der Waals surface area contributed by atoms with E-state index in [2.05, 4.69) is 34.6 Å². The van der Waals surface area contributed by atoms with Crippen molar-refractivity contribution in [2.45, 2.75) is 77.0 Å². The van der Waals surface area contributed by atoms with Gasteiger partial charge in [-0.05, 0) is 25.8 Å². The summed E-state index contributed by atoms with van der Waals surface area (Å²) in [5.41, 5.74) is 0. The molecule has 1 aromatic rings. The number of urea groups is 1. The van der Waals surface area contributed by atoms with Crippen molar-refractivity contribution in [2.75, 3.05) is 13.1 Å². The molecule has 0 spiro atoms. The van der Waals surface area contributed by atoms with E-state index < -0.39 is 5.97 Å². The van der Waals surface area contributed by atoms with Crippen LogP contribution in [-0.4, -0.2) is 68.0 Å². The van der Waals surface area contributed by atoms with E-state index in [1.807, 2.05) is 16.5 Å². The Morgan fingerprint density at radius 3 is 2.63 bits per heavy atom. The molecule has 9 nitrogen and oxygen atoms in total. The van der Waals surface area contributed by atoms with Gasteiger partial charge in [-0.15, -0.1) is 0 Å². The lowest BCUT2D eigenvalue weighted by Crippen LogP contribution is -2.57. The average molecular weight is 378 g/mol. The molecule has 1 atom stereocenters. The molecule has 0 bridgehead atoms. The third-order valence-electron chi connectivity index (χ3n) is 5.44. The Hall–Kier alpha value is -2.16. The summed E-state index contributed by atoms with van der Waals surface area (Å²) in [5, 5.41) is 19.5. The number of aliphatic carboxylic acids is 1. The first-order valence-corrected chi connectivity index (χ1v) is 9.82. The van der Waals surface area contributed by atoms with Crippen molar-refractivity contribution in [3.63, 3.8) is 0 Å². The van der Waals surface area contributed by atoms with Crippen LogP contribution in [0.2, 0.25) is 0 Å². The number of nitrogens with one attached hydrogen (secondary N) is 2. The molecule has 0 aromatic carbocycles. The van der Waals surface area contributed by atoms with Crippen molar-refractivity contribution in [1.29, 1.82) is 0 Å². The number of carbonyl (C=O) groups excluding carboxylic acids is 1. The van der Waals surface area contributed by atoms with Crippen molar-refractivity contribution < 1.29 is 14.7 Å². The van der Waals surface area contributed by atoms with Crippen LogP contribution in [0.5, 0.6) is 0 Å². The maximum absolute atomic E-state index is 12.3. The summed E-state index contributed by atoms with van der Waals surface area (Å²) in [7, 11) is 0. The zero-order chi connectivity index (χ0) is 19.6. The standard InChI is InChI=1S/C18H30N6O3/c1-4-23(10-16(25)26)14-7-13(8-14)20-18(27)19-12-5-6-15-21-17(11(2)3)22-24(15)9-12/h11-14H,4-10H2,1-3H3,(H,25,26)(H2,19,20,27). The number of hydrogen-bond donors (Lipinski definition) is 3. The molecule has 2 aliphatic rings. The monoisotopic (exact) mass is 378 g/mol. The largest absolute Gasteiger partial charge is 0.480 e. The van der Waals surface area contributed by atoms with E-state index in [9.17, 15) is 9.59 Å². The van der Waals surface area contributed by atoms with Crippen LogP contribution < -0.4 is 10.6 Å². The number of rotatable bonds is 7. The minimum atomic E-state index is -0.809. The highest BCUT2D eigenvalue weighted by Gasteiger charge is 2.35. The van der Waals surface area contributed by atoms with Gasteiger partial charge in [0, 0.05) is 24.4 Å². The number of nitrogens with zero attached hydrogens (tertiary/aromatic N) is 4. The summed E-state index contributed by atoms with van der Waals surface area (Å²) in [6, 6.07) is 0.237. The van der Waals surface area contributed by atoms with Crippen LogP contribution in [0, 0.1) is 0 Å². The summed E-state index contributed by atoms with van der Waals surface area (Å²) in [4.78, 5) is 29.7. The summed E-state index contributed by atoms with van der Waals surface area (Å²) >= 11 is 0. The molecule has 1 fully saturated rings. The lowest BCUT2D eigenvalue weighted by Gasteiger charge is -2.42. The quantitative estimate of drug-likeness (QED) is 0.651. The van der Waals surface area contributed by atoms with Crippen molar-refractivity contribution in [1.82, 2.24) is 30.3 Å². The first-order valence-electron chi connectivity index (χ1n) is 9.82. The second-order valence-electron chi connectivity index (χ2n) is 7.86. The molecule has 1 saturated carbocycles. The molecule has 3 rings (SSSR count). The van der Waals surface area contributed by atoms with E-state index >= 15 is 0 Å². The van der Waals surface area contributed by atoms with Gasteiger partial charge in [-0.2, -0.15) is 5.10 Å². The Morgan fingerprint density at radius 1 is 1.30 bits per heavy atom. The van der Waals surface area contributed by atoms with Gasteiger partial charge in [-0.25, -0.2) is 14.5 Å². The number of aryl methyl sites for hydroxylation is 1. The number of carboxylic acids is 1. The van der Waals surface area contributed by atoms with Crippen molar-refractivity contribution >= 4 is 12.0 Å². The number of hydrogen-bond acceptors (Lipinski definition) is 5. The van der Waals surface area contributed by atoms with Gasteiger partial charge < -0.3 is 15.7 Å². The van der Waals surface area contributed by atoms with Crippen LogP contribution in [0.1, 0.15) is 57.6 Å². The zero-order valence-electron chi connectivity index (χ0n) is 16.3. The highest BCUT2D eigenvalue weighted by molar-refractivity contribution is 5.74. The minimum absolute atomic E-state index is 0.0502. The molecule has 9 heteroatoms. The van der Waals surface area contributed by atoms with E-state index in [0.717, 1.165) is 37.3 Å². The van der Waals surface area contributed by atoms with Gasteiger partial charge in [0.25, 0.3) is 0 Å². The van der Waals surface area contributed by atoms with E-state index in [1.165, 1.54) is 0 Å². The average Bonchev–Trinajstić information content (AvgIpc) is 2.99. The number of fused-ring (bicyclic) bond motifs is 1. The maximum Gasteiger partial charge on any atom is 0.317 e. The number of likely N-dealkylation sites (N-methyl/N-ethyl adjacent to an activating group) is 1. The fourth-order valence-corrected chi connectivity index (χ4v) is 3.78. The molecule has 1 aliphatic heterocycles. The third-order valence-corrected chi connectivity index (χ3v) is 5.44. The smallest absolute Gasteiger partial charge is 0.317 e. The molecular weight excluding hydrogens is 348 g/mol. The van der Waals surface area contributed by atoms with E-state index in [1.54, 1.807) is 0 Å². The Kier molecular flexibility index (Phi) is 5.98. The fraction of sp³-hybridized carbons (Fsp3) is 0.778. The predicted octanol–water partition coefficient (Wildman–Crippen LogP) is 0.953. The molecule has 3 N–H and O–H groups in total. The molecule has 2 heterocycles. The molecule has 0 radical (unpaired) electrons. The predicted molar refractivity (Wildman–Crippen MR) is 99.6 cm³/mol. The van der Waals surface area contributed by atoms with Gasteiger partial charge in [-0.3, -0.25) is 9.69 Å². The molecule has 1 aliphatic carbocycles. The van der Waals surface area contributed by atoms with E-state index in [0.29, 0.717) is 19.0 Å². The van der Waals surface area contributed by atoms with Gasteiger partial charge >= 0.3 is 12.0 Å². The summed E-state index contributed by atoms with van der Waals surface area (Å²) in [6.45, 7) is 7.52. The first-order chi connectivity index (χ1) is 12.9. The highest BCUT2D eigenvalue weighted by atomic mass is 16.4.